The van der Waals surface area contributed by atoms with Gasteiger partial charge in [0.15, 0.2) is 0 Å². The van der Waals surface area contributed by atoms with E-state index in [0.717, 1.165) is 29.7 Å². The molecule has 0 saturated carbocycles. The first kappa shape index (κ1) is 13.2. The monoisotopic (exact) mass is 278 g/mol. The maximum absolute atomic E-state index is 12.6. The molecule has 1 aliphatic rings. The van der Waals surface area contributed by atoms with Gasteiger partial charge in [0, 0.05) is 0 Å². The Hall–Kier alpha value is -1.81. The van der Waals surface area contributed by atoms with E-state index in [1.165, 1.54) is 12.1 Å². The summed E-state index contributed by atoms with van der Waals surface area (Å²) < 4.78 is 37.7. The Labute approximate surface area is 114 Å². The van der Waals surface area contributed by atoms with E-state index in [4.69, 9.17) is 0 Å². The van der Waals surface area contributed by atoms with Gasteiger partial charge in [0.05, 0.1) is 5.56 Å². The molecule has 1 N–H and O–H groups in total. The molecule has 3 rings (SSSR count). The summed E-state index contributed by atoms with van der Waals surface area (Å²) in [5.41, 5.74) is 0.474. The molecule has 0 aromatic heterocycles. The van der Waals surface area contributed by atoms with E-state index in [-0.39, 0.29) is 0 Å². The average molecular weight is 278 g/mol. The second-order valence-corrected chi connectivity index (χ2v) is 5.09. The smallest absolute Gasteiger partial charge is 0.380 e. The molecule has 1 unspecified atom stereocenters. The summed E-state index contributed by atoms with van der Waals surface area (Å²) in [4.78, 5) is 0. The molecule has 104 valence electrons. The zero-order valence-electron chi connectivity index (χ0n) is 10.6. The molecule has 0 bridgehead atoms. The van der Waals surface area contributed by atoms with Gasteiger partial charge in [0.1, 0.15) is 5.60 Å². The second kappa shape index (κ2) is 4.35. The normalized spacial score (nSPS) is 21.8. The Morgan fingerprint density at radius 3 is 2.25 bits per heavy atom. The summed E-state index contributed by atoms with van der Waals surface area (Å²) in [5, 5.41) is 10.8. The minimum Gasteiger partial charge on any atom is -0.380 e. The van der Waals surface area contributed by atoms with Crippen molar-refractivity contribution in [2.45, 2.75) is 24.6 Å². The van der Waals surface area contributed by atoms with Crippen LogP contribution in [0.3, 0.4) is 0 Å². The number of hydrogen-bond acceptors (Lipinski definition) is 1. The third-order valence-corrected chi connectivity index (χ3v) is 3.91. The molecule has 1 atom stereocenters. The molecule has 0 fully saturated rings. The molecule has 2 aromatic carbocycles. The van der Waals surface area contributed by atoms with Gasteiger partial charge in [-0.3, -0.25) is 0 Å². The number of alkyl halides is 3. The maximum Gasteiger partial charge on any atom is 0.416 e. The summed E-state index contributed by atoms with van der Waals surface area (Å²) in [6.07, 6.45) is -3.12. The van der Waals surface area contributed by atoms with Crippen LogP contribution in [0.25, 0.3) is 0 Å². The average Bonchev–Trinajstić information content (AvgIpc) is 2.78. The molecule has 0 spiro atoms. The lowest BCUT2D eigenvalue weighted by Crippen LogP contribution is -2.24. The van der Waals surface area contributed by atoms with Crippen LogP contribution in [0.1, 0.15) is 28.7 Å². The van der Waals surface area contributed by atoms with E-state index in [9.17, 15) is 18.3 Å². The van der Waals surface area contributed by atoms with Crippen molar-refractivity contribution < 1.29 is 18.3 Å². The van der Waals surface area contributed by atoms with Crippen molar-refractivity contribution in [3.63, 3.8) is 0 Å². The molecule has 0 aliphatic heterocycles. The summed E-state index contributed by atoms with van der Waals surface area (Å²) in [5.74, 6) is 0. The highest BCUT2D eigenvalue weighted by atomic mass is 19.4. The fourth-order valence-electron chi connectivity index (χ4n) is 2.83. The molecule has 1 aliphatic carbocycles. The van der Waals surface area contributed by atoms with Crippen LogP contribution in [0.5, 0.6) is 0 Å². The number of fused-ring (bicyclic) bond motifs is 1. The molecular formula is C16H13F3O. The first-order valence-electron chi connectivity index (χ1n) is 6.40. The number of benzene rings is 2. The number of hydrogen-bond donors (Lipinski definition) is 1. The molecule has 0 radical (unpaired) electrons. The van der Waals surface area contributed by atoms with Gasteiger partial charge in [-0.05, 0) is 41.7 Å². The van der Waals surface area contributed by atoms with Crippen LogP contribution in [-0.2, 0) is 18.2 Å². The van der Waals surface area contributed by atoms with Gasteiger partial charge in [-0.25, -0.2) is 0 Å². The zero-order chi connectivity index (χ0) is 14.4. The highest BCUT2D eigenvalue weighted by molar-refractivity contribution is 5.45. The first-order valence-corrected chi connectivity index (χ1v) is 6.40. The van der Waals surface area contributed by atoms with Crippen molar-refractivity contribution >= 4 is 0 Å². The van der Waals surface area contributed by atoms with Gasteiger partial charge in [0.2, 0.25) is 0 Å². The van der Waals surface area contributed by atoms with Crippen molar-refractivity contribution in [1.82, 2.24) is 0 Å². The Morgan fingerprint density at radius 1 is 0.950 bits per heavy atom. The number of rotatable bonds is 1. The van der Waals surface area contributed by atoms with Crippen molar-refractivity contribution in [2.24, 2.45) is 0 Å². The Kier molecular flexibility index (Phi) is 2.87. The molecule has 0 amide bonds. The molecule has 20 heavy (non-hydrogen) atoms. The SMILES string of the molecule is OC1(c2ccc(C(F)(F)F)cc2)CCc2ccccc21. The van der Waals surface area contributed by atoms with E-state index in [0.29, 0.717) is 12.0 Å². The molecular weight excluding hydrogens is 265 g/mol. The topological polar surface area (TPSA) is 20.2 Å². The molecule has 2 aromatic rings. The summed E-state index contributed by atoms with van der Waals surface area (Å²) in [6, 6.07) is 12.3. The van der Waals surface area contributed by atoms with Crippen LogP contribution in [0.2, 0.25) is 0 Å². The minimum absolute atomic E-state index is 0.498. The quantitative estimate of drug-likeness (QED) is 0.839. The van der Waals surface area contributed by atoms with E-state index in [1.807, 2.05) is 24.3 Å². The van der Waals surface area contributed by atoms with E-state index in [2.05, 4.69) is 0 Å². The summed E-state index contributed by atoms with van der Waals surface area (Å²) in [6.45, 7) is 0. The third-order valence-electron chi connectivity index (χ3n) is 3.91. The van der Waals surface area contributed by atoms with Crippen molar-refractivity contribution in [3.05, 3.63) is 70.8 Å². The van der Waals surface area contributed by atoms with Crippen LogP contribution in [0, 0.1) is 0 Å². The largest absolute Gasteiger partial charge is 0.416 e. The molecule has 0 heterocycles. The fourth-order valence-corrected chi connectivity index (χ4v) is 2.83. The number of aryl methyl sites for hydroxylation is 1. The standard InChI is InChI=1S/C16H13F3O/c17-16(18,19)13-7-5-12(6-8-13)15(20)10-9-11-3-1-2-4-14(11)15/h1-8,20H,9-10H2. The minimum atomic E-state index is -4.35. The van der Waals surface area contributed by atoms with Gasteiger partial charge in [-0.2, -0.15) is 13.2 Å². The lowest BCUT2D eigenvalue weighted by atomic mass is 9.87. The Morgan fingerprint density at radius 2 is 1.60 bits per heavy atom. The Balaban J connectivity index is 2.02. The summed E-state index contributed by atoms with van der Waals surface area (Å²) >= 11 is 0. The van der Waals surface area contributed by atoms with E-state index >= 15 is 0 Å². The van der Waals surface area contributed by atoms with E-state index < -0.39 is 17.3 Å². The predicted molar refractivity (Wildman–Crippen MR) is 69.2 cm³/mol. The Bertz CT molecular complexity index is 631. The zero-order valence-corrected chi connectivity index (χ0v) is 10.6. The van der Waals surface area contributed by atoms with Crippen LogP contribution in [0.15, 0.2) is 48.5 Å². The molecule has 1 nitrogen and oxygen atoms in total. The lowest BCUT2D eigenvalue weighted by Gasteiger charge is -2.25. The van der Waals surface area contributed by atoms with Gasteiger partial charge >= 0.3 is 6.18 Å². The molecule has 4 heteroatoms. The van der Waals surface area contributed by atoms with Crippen LogP contribution < -0.4 is 0 Å². The fraction of sp³-hybridized carbons (Fsp3) is 0.250. The van der Waals surface area contributed by atoms with Crippen molar-refractivity contribution in [1.29, 1.82) is 0 Å². The first-order chi connectivity index (χ1) is 9.41. The van der Waals surface area contributed by atoms with Gasteiger partial charge < -0.3 is 5.11 Å². The van der Waals surface area contributed by atoms with Gasteiger partial charge in [-0.15, -0.1) is 0 Å². The van der Waals surface area contributed by atoms with Crippen molar-refractivity contribution in [2.75, 3.05) is 0 Å². The van der Waals surface area contributed by atoms with Crippen LogP contribution in [0.4, 0.5) is 13.2 Å². The van der Waals surface area contributed by atoms with Crippen LogP contribution in [-0.4, -0.2) is 5.11 Å². The molecule has 0 saturated heterocycles. The van der Waals surface area contributed by atoms with Crippen LogP contribution >= 0.6 is 0 Å². The third kappa shape index (κ3) is 2.00. The lowest BCUT2D eigenvalue weighted by molar-refractivity contribution is -0.137. The highest BCUT2D eigenvalue weighted by Gasteiger charge is 2.38. The van der Waals surface area contributed by atoms with Gasteiger partial charge in [0.25, 0.3) is 0 Å². The van der Waals surface area contributed by atoms with Gasteiger partial charge in [-0.1, -0.05) is 36.4 Å². The maximum atomic E-state index is 12.6. The highest BCUT2D eigenvalue weighted by Crippen LogP contribution is 2.42. The second-order valence-electron chi connectivity index (χ2n) is 5.09. The van der Waals surface area contributed by atoms with Crippen molar-refractivity contribution in [3.8, 4) is 0 Å². The van der Waals surface area contributed by atoms with E-state index in [1.54, 1.807) is 0 Å². The number of aliphatic hydroxyl groups is 1. The summed E-state index contributed by atoms with van der Waals surface area (Å²) in [7, 11) is 0. The predicted octanol–water partition coefficient (Wildman–Crippen LogP) is 3.89. The number of halogens is 3.